The number of aliphatic hydroxyl groups excluding tert-OH is 1. The van der Waals surface area contributed by atoms with Crippen LogP contribution in [-0.4, -0.2) is 35.9 Å². The molecule has 2 N–H and O–H groups in total. The summed E-state index contributed by atoms with van der Waals surface area (Å²) < 4.78 is 0. The minimum Gasteiger partial charge on any atom is -0.502 e. The van der Waals surface area contributed by atoms with E-state index in [1.54, 1.807) is 36.4 Å². The first kappa shape index (κ1) is 20.7. The Morgan fingerprint density at radius 1 is 0.935 bits per heavy atom. The molecule has 2 aromatic carbocycles. The standard InChI is InChI=1S/C24H25N3O4/c1-15-11-13-26(14-12-15)19-7-9-20(10-8-19)27-23(30)21(22(29)24(27)31)17-3-5-18(6-4-17)25-16(2)28/h3-10,15,29H,11-14H2,1-2H3,(H,25,28). The fourth-order valence-corrected chi connectivity index (χ4v) is 4.02. The van der Waals surface area contributed by atoms with Gasteiger partial charge >= 0.3 is 5.91 Å². The molecular formula is C24H25N3O4. The van der Waals surface area contributed by atoms with E-state index in [1.165, 1.54) is 6.92 Å². The second-order valence-electron chi connectivity index (χ2n) is 8.11. The van der Waals surface area contributed by atoms with Gasteiger partial charge in [-0.25, -0.2) is 4.90 Å². The Morgan fingerprint density at radius 3 is 2.10 bits per heavy atom. The SMILES string of the molecule is CC(=O)Nc1ccc(C2=C(O)C(=O)N(c3ccc(N4CCC(C)CC4)cc3)C2=O)cc1. The minimum absolute atomic E-state index is 0.0477. The van der Waals surface area contributed by atoms with Crippen LogP contribution in [0, 0.1) is 5.92 Å². The third kappa shape index (κ3) is 4.03. The van der Waals surface area contributed by atoms with E-state index >= 15 is 0 Å². The van der Waals surface area contributed by atoms with Gasteiger partial charge in [-0.05, 0) is 60.7 Å². The highest BCUT2D eigenvalue weighted by Crippen LogP contribution is 2.33. The van der Waals surface area contributed by atoms with Crippen molar-refractivity contribution in [3.8, 4) is 0 Å². The van der Waals surface area contributed by atoms with Crippen molar-refractivity contribution < 1.29 is 19.5 Å². The Kier molecular flexibility index (Phi) is 5.50. The maximum Gasteiger partial charge on any atom is 0.301 e. The summed E-state index contributed by atoms with van der Waals surface area (Å²) in [6.07, 6.45) is 2.29. The van der Waals surface area contributed by atoms with Crippen molar-refractivity contribution in [2.75, 3.05) is 28.2 Å². The summed E-state index contributed by atoms with van der Waals surface area (Å²) in [7, 11) is 0. The molecule has 0 unspecified atom stereocenters. The monoisotopic (exact) mass is 419 g/mol. The van der Waals surface area contributed by atoms with Crippen LogP contribution in [0.4, 0.5) is 17.1 Å². The van der Waals surface area contributed by atoms with Gasteiger partial charge in [0.15, 0.2) is 5.76 Å². The number of hydrogen-bond acceptors (Lipinski definition) is 5. The molecule has 0 aromatic heterocycles. The average Bonchev–Trinajstić information content (AvgIpc) is 2.97. The number of benzene rings is 2. The van der Waals surface area contributed by atoms with E-state index in [0.29, 0.717) is 16.9 Å². The number of carbonyl (C=O) groups is 3. The van der Waals surface area contributed by atoms with E-state index in [4.69, 9.17) is 0 Å². The highest BCUT2D eigenvalue weighted by molar-refractivity contribution is 6.44. The van der Waals surface area contributed by atoms with Gasteiger partial charge in [-0.3, -0.25) is 14.4 Å². The van der Waals surface area contributed by atoms with E-state index in [0.717, 1.165) is 42.4 Å². The van der Waals surface area contributed by atoms with Gasteiger partial charge in [-0.1, -0.05) is 19.1 Å². The first-order valence-electron chi connectivity index (χ1n) is 10.4. The molecule has 0 atom stereocenters. The molecule has 0 saturated carbocycles. The molecule has 2 aliphatic heterocycles. The fourth-order valence-electron chi connectivity index (χ4n) is 4.02. The zero-order valence-electron chi connectivity index (χ0n) is 17.6. The normalized spacial score (nSPS) is 17.5. The predicted octanol–water partition coefficient (Wildman–Crippen LogP) is 3.72. The fraction of sp³-hybridized carbons (Fsp3) is 0.292. The van der Waals surface area contributed by atoms with Crippen LogP contribution in [0.15, 0.2) is 54.3 Å². The Hall–Kier alpha value is -3.61. The third-order valence-corrected chi connectivity index (χ3v) is 5.81. The van der Waals surface area contributed by atoms with Gasteiger partial charge in [0.05, 0.1) is 11.3 Å². The molecule has 4 rings (SSSR count). The Labute approximate surface area is 181 Å². The highest BCUT2D eigenvalue weighted by atomic mass is 16.3. The Bertz CT molecular complexity index is 1050. The van der Waals surface area contributed by atoms with Crippen LogP contribution >= 0.6 is 0 Å². The molecule has 0 radical (unpaired) electrons. The van der Waals surface area contributed by atoms with Crippen LogP contribution in [0.2, 0.25) is 0 Å². The highest BCUT2D eigenvalue weighted by Gasteiger charge is 2.40. The van der Waals surface area contributed by atoms with Crippen LogP contribution in [0.5, 0.6) is 0 Å². The topological polar surface area (TPSA) is 89.9 Å². The molecule has 0 spiro atoms. The van der Waals surface area contributed by atoms with Gasteiger partial charge in [-0.2, -0.15) is 0 Å². The zero-order valence-corrected chi connectivity index (χ0v) is 17.6. The quantitative estimate of drug-likeness (QED) is 0.737. The van der Waals surface area contributed by atoms with Crippen molar-refractivity contribution in [2.45, 2.75) is 26.7 Å². The molecule has 3 amide bonds. The van der Waals surface area contributed by atoms with E-state index in [1.807, 2.05) is 12.1 Å². The Balaban J connectivity index is 1.54. The third-order valence-electron chi connectivity index (χ3n) is 5.81. The lowest BCUT2D eigenvalue weighted by Gasteiger charge is -2.32. The number of amides is 3. The summed E-state index contributed by atoms with van der Waals surface area (Å²) in [5.74, 6) is -1.38. The van der Waals surface area contributed by atoms with Crippen LogP contribution < -0.4 is 15.1 Å². The van der Waals surface area contributed by atoms with Gasteiger partial charge in [0.1, 0.15) is 0 Å². The van der Waals surface area contributed by atoms with E-state index in [2.05, 4.69) is 17.1 Å². The Morgan fingerprint density at radius 2 is 1.52 bits per heavy atom. The maximum atomic E-state index is 13.0. The summed E-state index contributed by atoms with van der Waals surface area (Å²) in [5.41, 5.74) is 2.40. The molecule has 7 nitrogen and oxygen atoms in total. The van der Waals surface area contributed by atoms with Gasteiger partial charge in [-0.15, -0.1) is 0 Å². The lowest BCUT2D eigenvalue weighted by atomic mass is 9.99. The van der Waals surface area contributed by atoms with Gasteiger partial charge in [0.2, 0.25) is 5.91 Å². The van der Waals surface area contributed by atoms with Gasteiger partial charge in [0.25, 0.3) is 5.91 Å². The second-order valence-corrected chi connectivity index (χ2v) is 8.11. The molecule has 2 heterocycles. The first-order chi connectivity index (χ1) is 14.8. The smallest absolute Gasteiger partial charge is 0.301 e. The number of rotatable bonds is 4. The van der Waals surface area contributed by atoms with Crippen LogP contribution in [0.25, 0.3) is 5.57 Å². The second kappa shape index (κ2) is 8.26. The molecule has 31 heavy (non-hydrogen) atoms. The molecule has 0 bridgehead atoms. The summed E-state index contributed by atoms with van der Waals surface area (Å²) >= 11 is 0. The first-order valence-corrected chi connectivity index (χ1v) is 10.4. The van der Waals surface area contributed by atoms with E-state index in [-0.39, 0.29) is 11.5 Å². The molecular weight excluding hydrogens is 394 g/mol. The number of nitrogens with zero attached hydrogens (tertiary/aromatic N) is 2. The van der Waals surface area contributed by atoms with Crippen LogP contribution in [0.1, 0.15) is 32.3 Å². The molecule has 1 saturated heterocycles. The number of carbonyl (C=O) groups excluding carboxylic acids is 3. The van der Waals surface area contributed by atoms with Gasteiger partial charge in [0, 0.05) is 31.4 Å². The van der Waals surface area contributed by atoms with Crippen LogP contribution in [0.3, 0.4) is 0 Å². The lowest BCUT2D eigenvalue weighted by molar-refractivity contribution is -0.121. The lowest BCUT2D eigenvalue weighted by Crippen LogP contribution is -2.33. The van der Waals surface area contributed by atoms with Crippen molar-refractivity contribution in [3.05, 3.63) is 59.9 Å². The number of aliphatic hydroxyl groups is 1. The van der Waals surface area contributed by atoms with E-state index in [9.17, 15) is 19.5 Å². The van der Waals surface area contributed by atoms with Crippen molar-refractivity contribution in [3.63, 3.8) is 0 Å². The van der Waals surface area contributed by atoms with E-state index < -0.39 is 17.6 Å². The molecule has 160 valence electrons. The maximum absolute atomic E-state index is 13.0. The molecule has 2 aliphatic rings. The largest absolute Gasteiger partial charge is 0.502 e. The summed E-state index contributed by atoms with van der Waals surface area (Å²) in [6, 6.07) is 13.7. The van der Waals surface area contributed by atoms with Crippen molar-refractivity contribution in [1.29, 1.82) is 0 Å². The average molecular weight is 419 g/mol. The van der Waals surface area contributed by atoms with Crippen molar-refractivity contribution in [1.82, 2.24) is 0 Å². The van der Waals surface area contributed by atoms with Gasteiger partial charge < -0.3 is 15.3 Å². The number of piperidine rings is 1. The molecule has 0 aliphatic carbocycles. The van der Waals surface area contributed by atoms with Crippen molar-refractivity contribution in [2.24, 2.45) is 5.92 Å². The number of imide groups is 1. The summed E-state index contributed by atoms with van der Waals surface area (Å²) in [5, 5.41) is 13.0. The molecule has 1 fully saturated rings. The predicted molar refractivity (Wildman–Crippen MR) is 120 cm³/mol. The summed E-state index contributed by atoms with van der Waals surface area (Å²) in [4.78, 5) is 40.2. The van der Waals surface area contributed by atoms with Crippen molar-refractivity contribution >= 4 is 40.4 Å². The van der Waals surface area contributed by atoms with Crippen LogP contribution in [-0.2, 0) is 14.4 Å². The summed E-state index contributed by atoms with van der Waals surface area (Å²) in [6.45, 7) is 5.64. The molecule has 7 heteroatoms. The number of nitrogens with one attached hydrogen (secondary N) is 1. The molecule has 2 aromatic rings. The number of hydrogen-bond donors (Lipinski definition) is 2. The number of anilines is 3. The minimum atomic E-state index is -0.745. The zero-order chi connectivity index (χ0) is 22.1.